The summed E-state index contributed by atoms with van der Waals surface area (Å²) in [5, 5.41) is 0. The van der Waals surface area contributed by atoms with Gasteiger partial charge in [0.05, 0.1) is 18.8 Å². The smallest absolute Gasteiger partial charge is 0.273 e. The van der Waals surface area contributed by atoms with Crippen LogP contribution in [-0.4, -0.2) is 25.0 Å². The van der Waals surface area contributed by atoms with Gasteiger partial charge in [-0.25, -0.2) is 0 Å². The van der Waals surface area contributed by atoms with Gasteiger partial charge in [0, 0.05) is 5.56 Å². The van der Waals surface area contributed by atoms with E-state index in [1.807, 2.05) is 6.92 Å². The average Bonchev–Trinajstić information content (AvgIpc) is 2.78. The van der Waals surface area contributed by atoms with E-state index in [2.05, 4.69) is 17.8 Å². The van der Waals surface area contributed by atoms with E-state index >= 15 is 0 Å². The summed E-state index contributed by atoms with van der Waals surface area (Å²) in [6.45, 7) is 5.38. The van der Waals surface area contributed by atoms with Crippen molar-refractivity contribution in [2.75, 3.05) is 13.2 Å². The number of hydrogen-bond acceptors (Lipinski definition) is 4. The number of hydrazine groups is 1. The largest absolute Gasteiger partial charge is 0.494 e. The standard InChI is InChI=1S/C24H32N2O4/c1-3-5-6-7-10-18-29-20-15-13-19(14-16-20)23(27)25-26-24(28)21-11-8-9-12-22(21)30-17-4-2/h8-9,11-16H,3-7,10,17-18H2,1-2H3,(H,25,27)(H,26,28). The normalized spacial score (nSPS) is 10.3. The fourth-order valence-electron chi connectivity index (χ4n) is 2.84. The maximum Gasteiger partial charge on any atom is 0.273 e. The van der Waals surface area contributed by atoms with Crippen LogP contribution in [0.5, 0.6) is 11.5 Å². The first-order valence-electron chi connectivity index (χ1n) is 10.7. The molecule has 2 N–H and O–H groups in total. The molecule has 0 fully saturated rings. The minimum Gasteiger partial charge on any atom is -0.494 e. The SMILES string of the molecule is CCCCCCCOc1ccc(C(=O)NNC(=O)c2ccccc2OCCC)cc1. The Labute approximate surface area is 178 Å². The first-order valence-corrected chi connectivity index (χ1v) is 10.7. The van der Waals surface area contributed by atoms with Crippen LogP contribution in [0.4, 0.5) is 0 Å². The zero-order valence-electron chi connectivity index (χ0n) is 17.9. The van der Waals surface area contributed by atoms with Gasteiger partial charge in [-0.05, 0) is 49.2 Å². The molecule has 0 saturated carbocycles. The number of amides is 2. The van der Waals surface area contributed by atoms with Crippen LogP contribution in [0, 0.1) is 0 Å². The van der Waals surface area contributed by atoms with E-state index in [-0.39, 0.29) is 0 Å². The fourth-order valence-corrected chi connectivity index (χ4v) is 2.84. The van der Waals surface area contributed by atoms with E-state index in [0.717, 1.165) is 18.6 Å². The van der Waals surface area contributed by atoms with E-state index in [4.69, 9.17) is 9.47 Å². The first-order chi connectivity index (χ1) is 14.7. The van der Waals surface area contributed by atoms with Gasteiger partial charge in [0.2, 0.25) is 0 Å². The van der Waals surface area contributed by atoms with E-state index < -0.39 is 11.8 Å². The van der Waals surface area contributed by atoms with E-state index in [0.29, 0.717) is 30.1 Å². The Morgan fingerprint density at radius 3 is 2.17 bits per heavy atom. The van der Waals surface area contributed by atoms with Gasteiger partial charge in [0.25, 0.3) is 11.8 Å². The number of nitrogens with one attached hydrogen (secondary N) is 2. The van der Waals surface area contributed by atoms with Gasteiger partial charge in [-0.1, -0.05) is 51.7 Å². The van der Waals surface area contributed by atoms with Gasteiger partial charge in [0.1, 0.15) is 11.5 Å². The van der Waals surface area contributed by atoms with Crippen LogP contribution in [0.15, 0.2) is 48.5 Å². The van der Waals surface area contributed by atoms with E-state index in [9.17, 15) is 9.59 Å². The van der Waals surface area contributed by atoms with Crippen LogP contribution in [0.3, 0.4) is 0 Å². The van der Waals surface area contributed by atoms with Crippen LogP contribution < -0.4 is 20.3 Å². The molecule has 0 aliphatic heterocycles. The molecule has 2 aromatic carbocycles. The summed E-state index contributed by atoms with van der Waals surface area (Å²) >= 11 is 0. The van der Waals surface area contributed by atoms with Crippen molar-refractivity contribution in [1.82, 2.24) is 10.9 Å². The molecule has 0 bridgehead atoms. The number of carbonyl (C=O) groups is 2. The highest BCUT2D eigenvalue weighted by molar-refractivity contribution is 6.00. The van der Waals surface area contributed by atoms with Crippen molar-refractivity contribution in [3.63, 3.8) is 0 Å². The van der Waals surface area contributed by atoms with Crippen LogP contribution in [0.1, 0.15) is 73.1 Å². The lowest BCUT2D eigenvalue weighted by atomic mass is 10.2. The average molecular weight is 413 g/mol. The Hall–Kier alpha value is -3.02. The molecule has 2 amide bonds. The van der Waals surface area contributed by atoms with Crippen molar-refractivity contribution in [3.8, 4) is 11.5 Å². The second-order valence-electron chi connectivity index (χ2n) is 7.04. The molecule has 162 valence electrons. The van der Waals surface area contributed by atoms with Gasteiger partial charge >= 0.3 is 0 Å². The predicted molar refractivity (Wildman–Crippen MR) is 118 cm³/mol. The van der Waals surface area contributed by atoms with E-state index in [1.165, 1.54) is 25.7 Å². The Balaban J connectivity index is 1.80. The zero-order chi connectivity index (χ0) is 21.6. The second kappa shape index (κ2) is 13.2. The number of rotatable bonds is 12. The van der Waals surface area contributed by atoms with Crippen LogP contribution >= 0.6 is 0 Å². The number of carbonyl (C=O) groups excluding carboxylic acids is 2. The van der Waals surface area contributed by atoms with Crippen molar-refractivity contribution in [3.05, 3.63) is 59.7 Å². The predicted octanol–water partition coefficient (Wildman–Crippen LogP) is 4.90. The molecule has 0 aliphatic carbocycles. The number of unbranched alkanes of at least 4 members (excludes halogenated alkanes) is 4. The summed E-state index contributed by atoms with van der Waals surface area (Å²) in [7, 11) is 0. The molecule has 0 radical (unpaired) electrons. The highest BCUT2D eigenvalue weighted by Gasteiger charge is 2.13. The van der Waals surface area contributed by atoms with Crippen LogP contribution in [0.2, 0.25) is 0 Å². The lowest BCUT2D eigenvalue weighted by molar-refractivity contribution is 0.0844. The summed E-state index contributed by atoms with van der Waals surface area (Å²) in [6.07, 6.45) is 6.76. The molecule has 0 spiro atoms. The molecule has 0 unspecified atom stereocenters. The molecular formula is C24H32N2O4. The molecule has 0 atom stereocenters. The minimum absolute atomic E-state index is 0.369. The number of para-hydroxylation sites is 1. The van der Waals surface area contributed by atoms with Crippen molar-refractivity contribution < 1.29 is 19.1 Å². The maximum atomic E-state index is 12.4. The molecule has 6 nitrogen and oxygen atoms in total. The lowest BCUT2D eigenvalue weighted by Crippen LogP contribution is -2.41. The van der Waals surface area contributed by atoms with Crippen molar-refractivity contribution in [2.24, 2.45) is 0 Å². The number of hydrogen-bond donors (Lipinski definition) is 2. The first kappa shape index (κ1) is 23.3. The topological polar surface area (TPSA) is 76.7 Å². The monoisotopic (exact) mass is 412 g/mol. The summed E-state index contributed by atoms with van der Waals surface area (Å²) in [5.41, 5.74) is 5.68. The third kappa shape index (κ3) is 7.78. The molecule has 0 heterocycles. The molecule has 6 heteroatoms. The summed E-state index contributed by atoms with van der Waals surface area (Å²) in [5.74, 6) is 0.384. The van der Waals surface area contributed by atoms with Gasteiger partial charge < -0.3 is 9.47 Å². The maximum absolute atomic E-state index is 12.4. The van der Waals surface area contributed by atoms with Crippen LogP contribution in [-0.2, 0) is 0 Å². The Bertz CT molecular complexity index is 790. The zero-order valence-corrected chi connectivity index (χ0v) is 17.9. The third-order valence-electron chi connectivity index (χ3n) is 4.52. The second-order valence-corrected chi connectivity index (χ2v) is 7.04. The summed E-state index contributed by atoms with van der Waals surface area (Å²) < 4.78 is 11.3. The van der Waals surface area contributed by atoms with Gasteiger partial charge in [-0.2, -0.15) is 0 Å². The summed E-state index contributed by atoms with van der Waals surface area (Å²) in [6, 6.07) is 13.8. The van der Waals surface area contributed by atoms with Crippen molar-refractivity contribution >= 4 is 11.8 Å². The quantitative estimate of drug-likeness (QED) is 0.384. The molecule has 2 aromatic rings. The number of ether oxygens (including phenoxy) is 2. The molecule has 30 heavy (non-hydrogen) atoms. The summed E-state index contributed by atoms with van der Waals surface area (Å²) in [4.78, 5) is 24.7. The number of benzene rings is 2. The highest BCUT2D eigenvalue weighted by atomic mass is 16.5. The molecule has 0 saturated heterocycles. The molecule has 2 rings (SSSR count). The Morgan fingerprint density at radius 2 is 1.43 bits per heavy atom. The van der Waals surface area contributed by atoms with Crippen molar-refractivity contribution in [2.45, 2.75) is 52.4 Å². The van der Waals surface area contributed by atoms with E-state index in [1.54, 1.807) is 48.5 Å². The van der Waals surface area contributed by atoms with Crippen molar-refractivity contribution in [1.29, 1.82) is 0 Å². The minimum atomic E-state index is -0.432. The van der Waals surface area contributed by atoms with Gasteiger partial charge in [-0.3, -0.25) is 20.4 Å². The molecular weight excluding hydrogens is 380 g/mol. The molecule has 0 aromatic heterocycles. The fraction of sp³-hybridized carbons (Fsp3) is 0.417. The Kier molecular flexibility index (Phi) is 10.3. The Morgan fingerprint density at radius 1 is 0.733 bits per heavy atom. The van der Waals surface area contributed by atoms with Gasteiger partial charge in [-0.15, -0.1) is 0 Å². The molecule has 0 aliphatic rings. The third-order valence-corrected chi connectivity index (χ3v) is 4.52. The lowest BCUT2D eigenvalue weighted by Gasteiger charge is -2.12. The van der Waals surface area contributed by atoms with Crippen LogP contribution in [0.25, 0.3) is 0 Å². The van der Waals surface area contributed by atoms with Gasteiger partial charge in [0.15, 0.2) is 0 Å². The highest BCUT2D eigenvalue weighted by Crippen LogP contribution is 2.18.